The van der Waals surface area contributed by atoms with E-state index in [4.69, 9.17) is 4.74 Å². The van der Waals surface area contributed by atoms with E-state index in [1.54, 1.807) is 16.9 Å². The zero-order chi connectivity index (χ0) is 25.9. The summed E-state index contributed by atoms with van der Waals surface area (Å²) in [5, 5.41) is 25.2. The molecule has 2 bridgehead atoms. The molecule has 8 nitrogen and oxygen atoms in total. The maximum Gasteiger partial charge on any atom is 0.410 e. The predicted molar refractivity (Wildman–Crippen MR) is 139 cm³/mol. The molecule has 0 radical (unpaired) electrons. The largest absolute Gasteiger partial charge is 0.448 e. The van der Waals surface area contributed by atoms with Crippen LogP contribution in [0.15, 0.2) is 67.1 Å². The lowest BCUT2D eigenvalue weighted by atomic mass is 9.73. The molecule has 7 rings (SSSR count). The molecule has 4 aromatic rings. The van der Waals surface area contributed by atoms with Crippen molar-refractivity contribution in [1.29, 1.82) is 5.26 Å². The van der Waals surface area contributed by atoms with E-state index < -0.39 is 5.60 Å². The van der Waals surface area contributed by atoms with E-state index in [1.807, 2.05) is 29.2 Å². The Balaban J connectivity index is 1.11. The smallest absolute Gasteiger partial charge is 0.410 e. The van der Waals surface area contributed by atoms with Crippen molar-refractivity contribution in [2.24, 2.45) is 0 Å². The summed E-state index contributed by atoms with van der Waals surface area (Å²) in [5.41, 5.74) is 5.17. The van der Waals surface area contributed by atoms with Crippen molar-refractivity contribution >= 4 is 11.7 Å². The van der Waals surface area contributed by atoms with Crippen molar-refractivity contribution in [2.45, 2.75) is 55.7 Å². The topological polar surface area (TPSA) is 104 Å². The molecule has 38 heavy (non-hydrogen) atoms. The van der Waals surface area contributed by atoms with Crippen molar-refractivity contribution in [3.8, 4) is 17.2 Å². The Bertz CT molecular complexity index is 1550. The van der Waals surface area contributed by atoms with Gasteiger partial charge >= 0.3 is 6.09 Å². The molecule has 1 amide bonds. The normalized spacial score (nSPS) is 24.1. The number of aromatic nitrogens is 3. The van der Waals surface area contributed by atoms with Crippen LogP contribution >= 0.6 is 0 Å². The summed E-state index contributed by atoms with van der Waals surface area (Å²) < 4.78 is 7.55. The molecule has 2 unspecified atom stereocenters. The number of hydrogen-bond acceptors (Lipinski definition) is 6. The highest BCUT2D eigenvalue weighted by Gasteiger charge is 2.49. The first-order valence-electron chi connectivity index (χ1n) is 13.2. The minimum Gasteiger partial charge on any atom is -0.448 e. The van der Waals surface area contributed by atoms with Crippen LogP contribution in [0.2, 0.25) is 0 Å². The molecule has 0 spiro atoms. The van der Waals surface area contributed by atoms with Crippen LogP contribution in [0, 0.1) is 11.3 Å². The molecular weight excluding hydrogens is 478 g/mol. The standard InChI is InChI=1S/C30H27N5O3/c31-14-19-15-33-34-17-20(16-32-28(19)34)30(37)12-21-6-5-7-22(13-30)35(21)29(36)38-18-27-25-10-3-1-8-23(25)24-9-2-4-11-26(24)27/h1-4,8-11,15-17,21-22,27,37H,5-7,12-13,18H2. The average Bonchev–Trinajstić information content (AvgIpc) is 3.49. The Hall–Kier alpha value is -4.22. The van der Waals surface area contributed by atoms with E-state index >= 15 is 0 Å². The zero-order valence-electron chi connectivity index (χ0n) is 20.8. The molecule has 2 aliphatic heterocycles. The summed E-state index contributed by atoms with van der Waals surface area (Å²) in [5.74, 6) is 0.0121. The number of nitriles is 1. The molecule has 190 valence electrons. The summed E-state index contributed by atoms with van der Waals surface area (Å²) in [7, 11) is 0. The molecule has 1 aliphatic carbocycles. The van der Waals surface area contributed by atoms with Gasteiger partial charge in [-0.25, -0.2) is 14.3 Å². The van der Waals surface area contributed by atoms with E-state index in [2.05, 4.69) is 40.4 Å². The fourth-order valence-electron chi connectivity index (χ4n) is 6.83. The van der Waals surface area contributed by atoms with Crippen molar-refractivity contribution in [3.05, 3.63) is 89.4 Å². The average molecular weight is 506 g/mol. The monoisotopic (exact) mass is 505 g/mol. The van der Waals surface area contributed by atoms with Gasteiger partial charge in [0.25, 0.3) is 0 Å². The second-order valence-electron chi connectivity index (χ2n) is 10.7. The van der Waals surface area contributed by atoms with E-state index in [0.717, 1.165) is 19.3 Å². The maximum absolute atomic E-state index is 13.5. The van der Waals surface area contributed by atoms with Gasteiger partial charge in [-0.3, -0.25) is 0 Å². The summed E-state index contributed by atoms with van der Waals surface area (Å²) >= 11 is 0. The first-order chi connectivity index (χ1) is 18.6. The molecule has 4 heterocycles. The molecule has 2 saturated heterocycles. The van der Waals surface area contributed by atoms with E-state index in [9.17, 15) is 15.2 Å². The molecule has 0 saturated carbocycles. The Labute approximate surface area is 220 Å². The zero-order valence-corrected chi connectivity index (χ0v) is 20.8. The Morgan fingerprint density at radius 1 is 1.05 bits per heavy atom. The third-order valence-electron chi connectivity index (χ3n) is 8.57. The number of benzene rings is 2. The van der Waals surface area contributed by atoms with Crippen molar-refractivity contribution in [3.63, 3.8) is 0 Å². The predicted octanol–water partition coefficient (Wildman–Crippen LogP) is 4.75. The van der Waals surface area contributed by atoms with Gasteiger partial charge in [0.15, 0.2) is 5.65 Å². The summed E-state index contributed by atoms with van der Waals surface area (Å²) in [6.07, 6.45) is 8.03. The number of amides is 1. The molecule has 2 fully saturated rings. The number of fused-ring (bicyclic) bond motifs is 6. The number of ether oxygens (including phenoxy) is 1. The van der Waals surface area contributed by atoms with E-state index in [-0.39, 0.29) is 30.7 Å². The third-order valence-corrected chi connectivity index (χ3v) is 8.57. The Morgan fingerprint density at radius 2 is 1.71 bits per heavy atom. The quantitative estimate of drug-likeness (QED) is 0.431. The molecular formula is C30H27N5O3. The molecule has 2 aromatic heterocycles. The highest BCUT2D eigenvalue weighted by Crippen LogP contribution is 2.46. The third kappa shape index (κ3) is 3.50. The number of hydrogen-bond donors (Lipinski definition) is 1. The minimum absolute atomic E-state index is 0.0121. The van der Waals surface area contributed by atoms with Crippen LogP contribution in [0.5, 0.6) is 0 Å². The molecule has 1 N–H and O–H groups in total. The SMILES string of the molecule is N#Cc1cnn2cc(C3(O)CC4CCCC(C3)N4C(=O)OCC3c4ccccc4-c4ccccc43)cnc12. The van der Waals surface area contributed by atoms with Gasteiger partial charge in [0.1, 0.15) is 18.2 Å². The van der Waals surface area contributed by atoms with Gasteiger partial charge in [0, 0.05) is 48.8 Å². The van der Waals surface area contributed by atoms with Crippen LogP contribution in [0.25, 0.3) is 16.8 Å². The van der Waals surface area contributed by atoms with Crippen LogP contribution in [0.1, 0.15) is 60.3 Å². The lowest BCUT2D eigenvalue weighted by Gasteiger charge is -2.51. The molecule has 3 aliphatic rings. The number of rotatable bonds is 3. The van der Waals surface area contributed by atoms with Gasteiger partial charge in [0.05, 0.1) is 11.8 Å². The fourth-order valence-corrected chi connectivity index (χ4v) is 6.83. The highest BCUT2D eigenvalue weighted by molar-refractivity contribution is 5.79. The fraction of sp³-hybridized carbons (Fsp3) is 0.333. The van der Waals surface area contributed by atoms with Crippen molar-refractivity contribution in [1.82, 2.24) is 19.5 Å². The maximum atomic E-state index is 13.5. The van der Waals surface area contributed by atoms with Crippen LogP contribution in [-0.2, 0) is 10.3 Å². The van der Waals surface area contributed by atoms with Gasteiger partial charge in [-0.05, 0) is 41.5 Å². The summed E-state index contributed by atoms with van der Waals surface area (Å²) in [6.45, 7) is 0.286. The van der Waals surface area contributed by atoms with Gasteiger partial charge in [0.2, 0.25) is 0 Å². The Morgan fingerprint density at radius 3 is 2.37 bits per heavy atom. The number of piperidine rings is 2. The number of aliphatic hydroxyl groups is 1. The van der Waals surface area contributed by atoms with E-state index in [1.165, 1.54) is 28.5 Å². The highest BCUT2D eigenvalue weighted by atomic mass is 16.6. The van der Waals surface area contributed by atoms with Crippen molar-refractivity contribution in [2.75, 3.05) is 6.61 Å². The lowest BCUT2D eigenvalue weighted by molar-refractivity contribution is -0.0894. The first-order valence-corrected chi connectivity index (χ1v) is 13.2. The number of carbonyl (C=O) groups is 1. The molecule has 8 heteroatoms. The van der Waals surface area contributed by atoms with Crippen LogP contribution in [0.3, 0.4) is 0 Å². The van der Waals surface area contributed by atoms with Gasteiger partial charge in [-0.1, -0.05) is 48.5 Å². The Kier molecular flexibility index (Phi) is 5.24. The van der Waals surface area contributed by atoms with E-state index in [0.29, 0.717) is 29.6 Å². The van der Waals surface area contributed by atoms with Gasteiger partial charge in [-0.2, -0.15) is 10.4 Å². The lowest BCUT2D eigenvalue weighted by Crippen LogP contribution is -2.59. The van der Waals surface area contributed by atoms with Crippen LogP contribution in [0.4, 0.5) is 4.79 Å². The summed E-state index contributed by atoms with van der Waals surface area (Å²) in [6, 6.07) is 18.5. The molecule has 2 atom stereocenters. The van der Waals surface area contributed by atoms with Gasteiger partial charge < -0.3 is 14.7 Å². The number of nitrogens with zero attached hydrogens (tertiary/aromatic N) is 5. The number of carbonyl (C=O) groups excluding carboxylic acids is 1. The first kappa shape index (κ1) is 22.9. The second kappa shape index (κ2) is 8.67. The minimum atomic E-state index is -1.13. The summed E-state index contributed by atoms with van der Waals surface area (Å²) in [4.78, 5) is 19.8. The van der Waals surface area contributed by atoms with Crippen molar-refractivity contribution < 1.29 is 14.6 Å². The van der Waals surface area contributed by atoms with Gasteiger partial charge in [-0.15, -0.1) is 0 Å². The van der Waals surface area contributed by atoms with Crippen LogP contribution in [-0.4, -0.2) is 49.4 Å². The van der Waals surface area contributed by atoms with Crippen LogP contribution < -0.4 is 0 Å². The molecule has 2 aromatic carbocycles. The second-order valence-corrected chi connectivity index (χ2v) is 10.7.